The van der Waals surface area contributed by atoms with E-state index in [0.717, 1.165) is 0 Å². The van der Waals surface area contributed by atoms with Crippen LogP contribution >= 0.6 is 0 Å². The summed E-state index contributed by atoms with van der Waals surface area (Å²) < 4.78 is 16.7. The third kappa shape index (κ3) is 1.26. The van der Waals surface area contributed by atoms with Gasteiger partial charge in [0.05, 0.1) is 0 Å². The summed E-state index contributed by atoms with van der Waals surface area (Å²) in [5, 5.41) is 0. The first-order valence-electron chi connectivity index (χ1n) is 4.47. The minimum atomic E-state index is -1.72. The highest BCUT2D eigenvalue weighted by atomic mass is 16.8. The minimum Gasteiger partial charge on any atom is -0.540 e. The molecule has 3 aliphatic heterocycles. The Morgan fingerprint density at radius 2 is 1.77 bits per heavy atom. The first kappa shape index (κ1) is 9.00. The van der Waals surface area contributed by atoms with E-state index in [1.807, 2.05) is 0 Å². The Bertz CT molecular complexity index is 237. The van der Waals surface area contributed by atoms with E-state index >= 15 is 0 Å². The van der Waals surface area contributed by atoms with Crippen molar-refractivity contribution in [2.24, 2.45) is 5.41 Å². The van der Waals surface area contributed by atoms with E-state index in [4.69, 9.17) is 14.0 Å². The van der Waals surface area contributed by atoms with Crippen LogP contribution < -0.4 is 0 Å². The van der Waals surface area contributed by atoms with Crippen molar-refractivity contribution in [3.05, 3.63) is 24.7 Å². The van der Waals surface area contributed by atoms with Crippen molar-refractivity contribution < 1.29 is 14.0 Å². The average molecular weight is 181 g/mol. The highest BCUT2D eigenvalue weighted by Gasteiger charge is 2.46. The van der Waals surface area contributed by atoms with Gasteiger partial charge in [-0.2, -0.15) is 0 Å². The molecule has 3 rings (SSSR count). The van der Waals surface area contributed by atoms with Crippen LogP contribution in [0.5, 0.6) is 0 Å². The third-order valence-electron chi connectivity index (χ3n) is 2.67. The summed E-state index contributed by atoms with van der Waals surface area (Å²) in [7, 11) is 0. The van der Waals surface area contributed by atoms with Crippen molar-refractivity contribution in [2.45, 2.75) is 6.92 Å². The summed E-state index contributed by atoms with van der Waals surface area (Å²) in [5.41, 5.74) is 0.715. The molecule has 0 aromatic carbocycles. The largest absolute Gasteiger partial charge is 0.540 e. The van der Waals surface area contributed by atoms with Crippen LogP contribution in [0.4, 0.5) is 0 Å². The molecule has 2 bridgehead atoms. The number of hydrogen-bond donors (Lipinski definition) is 0. The Balaban J connectivity index is 2.20. The van der Waals surface area contributed by atoms with E-state index in [-0.39, 0.29) is 5.41 Å². The van der Waals surface area contributed by atoms with Crippen LogP contribution in [0.1, 0.15) is 6.92 Å². The second-order valence-electron chi connectivity index (χ2n) is 4.16. The molecule has 0 aromatic rings. The molecule has 72 valence electrons. The molecule has 3 fully saturated rings. The van der Waals surface area contributed by atoms with Gasteiger partial charge in [0.1, 0.15) is 0 Å². The number of fused-ring (bicyclic) bond motifs is 3. The van der Waals surface area contributed by atoms with Gasteiger partial charge in [-0.25, -0.2) is 0 Å². The lowest BCUT2D eigenvalue weighted by Crippen LogP contribution is -2.63. The number of hydrogen-bond acceptors (Lipinski definition) is 3. The molecule has 3 aliphatic rings. The summed E-state index contributed by atoms with van der Waals surface area (Å²) >= 11 is 0. The maximum absolute atomic E-state index is 5.57. The highest BCUT2D eigenvalue weighted by molar-refractivity contribution is 6.69. The first-order valence-corrected chi connectivity index (χ1v) is 4.47. The minimum absolute atomic E-state index is 0.0188. The Morgan fingerprint density at radius 3 is 2.15 bits per heavy atom. The molecule has 0 atom stereocenters. The van der Waals surface area contributed by atoms with Crippen molar-refractivity contribution in [3.63, 3.8) is 0 Å². The molecular formula is C9H14BO3-. The van der Waals surface area contributed by atoms with Gasteiger partial charge >= 0.3 is 6.75 Å². The zero-order chi connectivity index (χ0) is 9.53. The van der Waals surface area contributed by atoms with Gasteiger partial charge in [-0.05, 0) is 0 Å². The Labute approximate surface area is 78.4 Å². The van der Waals surface area contributed by atoms with Crippen molar-refractivity contribution in [1.82, 2.24) is 0 Å². The summed E-state index contributed by atoms with van der Waals surface area (Å²) in [6, 6.07) is 0. The quantitative estimate of drug-likeness (QED) is 0.474. The Kier molecular flexibility index (Phi) is 1.87. The summed E-state index contributed by atoms with van der Waals surface area (Å²) in [6.45, 7) is 9.87. The van der Waals surface area contributed by atoms with E-state index in [1.165, 1.54) is 0 Å². The van der Waals surface area contributed by atoms with Gasteiger partial charge in [0, 0.05) is 25.2 Å². The maximum Gasteiger partial charge on any atom is 0.409 e. The fourth-order valence-corrected chi connectivity index (χ4v) is 1.67. The third-order valence-corrected chi connectivity index (χ3v) is 2.67. The molecule has 0 unspecified atom stereocenters. The van der Waals surface area contributed by atoms with Gasteiger partial charge < -0.3 is 14.0 Å². The van der Waals surface area contributed by atoms with E-state index in [1.54, 1.807) is 6.08 Å². The van der Waals surface area contributed by atoms with Gasteiger partial charge in [0.15, 0.2) is 0 Å². The van der Waals surface area contributed by atoms with Crippen LogP contribution in [0.15, 0.2) is 24.7 Å². The van der Waals surface area contributed by atoms with Crippen molar-refractivity contribution in [3.8, 4) is 0 Å². The molecule has 3 nitrogen and oxygen atoms in total. The normalized spacial score (nSPS) is 43.2. The predicted molar refractivity (Wildman–Crippen MR) is 51.1 cm³/mol. The summed E-state index contributed by atoms with van der Waals surface area (Å²) in [5.74, 6) is 0. The standard InChI is InChI=1S/C9H14BO3/c1-4-8(2)10-11-5-9(3,6-12-10)7-13-10/h4H,1-2,5-7H2,3H3/q-1. The van der Waals surface area contributed by atoms with Crippen LogP contribution in [0.3, 0.4) is 0 Å². The first-order chi connectivity index (χ1) is 6.10. The van der Waals surface area contributed by atoms with E-state index in [9.17, 15) is 0 Å². The lowest BCUT2D eigenvalue weighted by molar-refractivity contribution is -0.121. The highest BCUT2D eigenvalue weighted by Crippen LogP contribution is 2.38. The molecule has 0 N–H and O–H groups in total. The molecule has 0 aliphatic carbocycles. The average Bonchev–Trinajstić information content (AvgIpc) is 2.18. The van der Waals surface area contributed by atoms with Crippen LogP contribution in [0, 0.1) is 5.41 Å². The number of allylic oxidation sites excluding steroid dienone is 2. The number of rotatable bonds is 2. The Hall–Kier alpha value is -0.575. The molecule has 3 saturated heterocycles. The monoisotopic (exact) mass is 181 g/mol. The van der Waals surface area contributed by atoms with Crippen LogP contribution in [-0.4, -0.2) is 26.6 Å². The lowest BCUT2D eigenvalue weighted by Gasteiger charge is -2.58. The zero-order valence-corrected chi connectivity index (χ0v) is 7.91. The fourth-order valence-electron chi connectivity index (χ4n) is 1.67. The second kappa shape index (κ2) is 2.70. The molecule has 0 aromatic heterocycles. The maximum atomic E-state index is 5.57. The van der Waals surface area contributed by atoms with Gasteiger partial charge in [0.2, 0.25) is 0 Å². The van der Waals surface area contributed by atoms with E-state index in [0.29, 0.717) is 25.3 Å². The van der Waals surface area contributed by atoms with Crippen molar-refractivity contribution >= 4 is 6.75 Å². The van der Waals surface area contributed by atoms with Crippen LogP contribution in [0.2, 0.25) is 0 Å². The van der Waals surface area contributed by atoms with Crippen LogP contribution in [-0.2, 0) is 14.0 Å². The summed E-state index contributed by atoms with van der Waals surface area (Å²) in [6.07, 6.45) is 1.63. The molecule has 13 heavy (non-hydrogen) atoms. The van der Waals surface area contributed by atoms with E-state index < -0.39 is 6.75 Å². The molecule has 4 heteroatoms. The smallest absolute Gasteiger partial charge is 0.409 e. The summed E-state index contributed by atoms with van der Waals surface area (Å²) in [4.78, 5) is 0. The Morgan fingerprint density at radius 1 is 1.31 bits per heavy atom. The van der Waals surface area contributed by atoms with Crippen molar-refractivity contribution in [1.29, 1.82) is 0 Å². The second-order valence-corrected chi connectivity index (χ2v) is 4.16. The molecular weight excluding hydrogens is 167 g/mol. The van der Waals surface area contributed by atoms with Gasteiger partial charge in [-0.1, -0.05) is 13.0 Å². The SMILES string of the molecule is C=CC(=C)[B-]12OCC(C)(CO1)CO2. The molecule has 0 amide bonds. The molecule has 0 saturated carbocycles. The van der Waals surface area contributed by atoms with Crippen molar-refractivity contribution in [2.75, 3.05) is 19.8 Å². The predicted octanol–water partition coefficient (Wildman–Crippen LogP) is 1.29. The van der Waals surface area contributed by atoms with Gasteiger partial charge in [-0.15, -0.1) is 18.6 Å². The topological polar surface area (TPSA) is 27.7 Å². The molecule has 0 radical (unpaired) electrons. The van der Waals surface area contributed by atoms with Gasteiger partial charge in [0.25, 0.3) is 0 Å². The fraction of sp³-hybridized carbons (Fsp3) is 0.556. The molecule has 3 heterocycles. The zero-order valence-electron chi connectivity index (χ0n) is 7.91. The van der Waals surface area contributed by atoms with E-state index in [2.05, 4.69) is 20.1 Å². The lowest BCUT2D eigenvalue weighted by atomic mass is 9.64. The van der Waals surface area contributed by atoms with Gasteiger partial charge in [-0.3, -0.25) is 0 Å². The molecule has 0 spiro atoms. The van der Waals surface area contributed by atoms with Crippen LogP contribution in [0.25, 0.3) is 0 Å².